The van der Waals surface area contributed by atoms with Crippen LogP contribution in [0.4, 0.5) is 5.82 Å². The fourth-order valence-electron chi connectivity index (χ4n) is 4.84. The molecule has 10 heteroatoms. The quantitative estimate of drug-likeness (QED) is 0.480. The van der Waals surface area contributed by atoms with Gasteiger partial charge in [-0.1, -0.05) is 11.6 Å². The van der Waals surface area contributed by atoms with Crippen molar-refractivity contribution in [3.8, 4) is 23.2 Å². The number of ether oxygens (including phenoxy) is 3. The first-order chi connectivity index (χ1) is 17.5. The second-order valence-electron chi connectivity index (χ2n) is 9.80. The van der Waals surface area contributed by atoms with Gasteiger partial charge in [0.05, 0.1) is 41.2 Å². The third-order valence-corrected chi connectivity index (χ3v) is 7.24. The normalized spacial score (nSPS) is 22.4. The Morgan fingerprint density at radius 3 is 2.67 bits per heavy atom. The lowest BCUT2D eigenvalue weighted by molar-refractivity contribution is 0.0182. The van der Waals surface area contributed by atoms with Gasteiger partial charge in [0.1, 0.15) is 12.4 Å². The van der Waals surface area contributed by atoms with Gasteiger partial charge in [-0.15, -0.1) is 0 Å². The highest BCUT2D eigenvalue weighted by molar-refractivity contribution is 6.33. The van der Waals surface area contributed by atoms with E-state index in [0.29, 0.717) is 60.8 Å². The second kappa shape index (κ2) is 12.6. The molecule has 1 aliphatic heterocycles. The summed E-state index contributed by atoms with van der Waals surface area (Å²) in [5, 5.41) is 17.4. The Morgan fingerprint density at radius 2 is 1.94 bits per heavy atom. The summed E-state index contributed by atoms with van der Waals surface area (Å²) in [4.78, 5) is 13.4. The van der Waals surface area contributed by atoms with Gasteiger partial charge in [-0.25, -0.2) is 9.97 Å². The van der Waals surface area contributed by atoms with E-state index in [2.05, 4.69) is 38.6 Å². The minimum atomic E-state index is -0.558. The molecular formula is C26H35ClN6O3. The van der Waals surface area contributed by atoms with E-state index in [0.717, 1.165) is 43.7 Å². The maximum atomic E-state index is 9.67. The molecule has 0 aromatic carbocycles. The predicted molar refractivity (Wildman–Crippen MR) is 138 cm³/mol. The Morgan fingerprint density at radius 1 is 1.19 bits per heavy atom. The molecule has 1 aliphatic carbocycles. The van der Waals surface area contributed by atoms with Crippen molar-refractivity contribution >= 4 is 17.4 Å². The van der Waals surface area contributed by atoms with Crippen LogP contribution >= 0.6 is 11.6 Å². The van der Waals surface area contributed by atoms with Gasteiger partial charge in [0, 0.05) is 50.2 Å². The smallest absolute Gasteiger partial charge is 0.232 e. The van der Waals surface area contributed by atoms with Crippen LogP contribution in [-0.2, 0) is 9.47 Å². The fraction of sp³-hybridized carbons (Fsp3) is 0.615. The van der Waals surface area contributed by atoms with E-state index in [1.807, 2.05) is 6.07 Å². The van der Waals surface area contributed by atoms with Gasteiger partial charge in [-0.3, -0.25) is 4.98 Å². The van der Waals surface area contributed by atoms with Crippen molar-refractivity contribution in [3.63, 3.8) is 0 Å². The monoisotopic (exact) mass is 514 g/mol. The average molecular weight is 515 g/mol. The third kappa shape index (κ3) is 7.04. The first kappa shape index (κ1) is 26.6. The maximum Gasteiger partial charge on any atom is 0.232 e. The maximum absolute atomic E-state index is 9.67. The zero-order valence-corrected chi connectivity index (χ0v) is 21.8. The summed E-state index contributed by atoms with van der Waals surface area (Å²) in [6, 6.07) is 5.54. The van der Waals surface area contributed by atoms with Gasteiger partial charge in [0.15, 0.2) is 0 Å². The average Bonchev–Trinajstić information content (AvgIpc) is 2.90. The SMILES string of the molecule is COC[C@@H](C)N[C@H]1CC[C@H](Nc2cc(-c3cncc(OCC4(C#N)CCOCC4)n3)c(Cl)cn2)CC1. The van der Waals surface area contributed by atoms with Crippen LogP contribution in [-0.4, -0.2) is 66.6 Å². The summed E-state index contributed by atoms with van der Waals surface area (Å²) in [6.07, 6.45) is 10.5. The number of rotatable bonds is 10. The number of anilines is 1. The van der Waals surface area contributed by atoms with Crippen molar-refractivity contribution in [3.05, 3.63) is 29.7 Å². The number of hydrogen-bond acceptors (Lipinski definition) is 9. The summed E-state index contributed by atoms with van der Waals surface area (Å²) < 4.78 is 16.5. The van der Waals surface area contributed by atoms with Crippen LogP contribution in [0.5, 0.6) is 5.88 Å². The highest BCUT2D eigenvalue weighted by atomic mass is 35.5. The number of hydrogen-bond donors (Lipinski definition) is 2. The molecule has 1 atom stereocenters. The first-order valence-electron chi connectivity index (χ1n) is 12.6. The van der Waals surface area contributed by atoms with Crippen LogP contribution < -0.4 is 15.4 Å². The molecule has 0 spiro atoms. The molecule has 2 aromatic rings. The van der Waals surface area contributed by atoms with Gasteiger partial charge < -0.3 is 24.8 Å². The number of halogens is 1. The fourth-order valence-corrected chi connectivity index (χ4v) is 5.04. The Hall–Kier alpha value is -2.51. The van der Waals surface area contributed by atoms with Crippen molar-refractivity contribution in [2.24, 2.45) is 5.41 Å². The molecule has 1 saturated heterocycles. The summed E-state index contributed by atoms with van der Waals surface area (Å²) in [6.45, 7) is 4.26. The molecule has 0 bridgehead atoms. The summed E-state index contributed by atoms with van der Waals surface area (Å²) in [5.41, 5.74) is 0.774. The standard InChI is InChI=1S/C26H35ClN6O3/c1-18(15-34-2)31-19-3-5-20(6-4-19)32-24-11-21(22(27)12-30-24)23-13-29-14-25(33-23)36-17-26(16-28)7-9-35-10-8-26/h11-14,18-20,31H,3-10,15,17H2,1-2H3,(H,30,32)/t18-,19-,20-/m1/s1. The predicted octanol–water partition coefficient (Wildman–Crippen LogP) is 4.24. The third-order valence-electron chi connectivity index (χ3n) is 6.94. The number of nitrogens with zero attached hydrogens (tertiary/aromatic N) is 4. The van der Waals surface area contributed by atoms with Crippen LogP contribution in [0.25, 0.3) is 11.3 Å². The van der Waals surface area contributed by atoms with Crippen LogP contribution in [0, 0.1) is 16.7 Å². The summed E-state index contributed by atoms with van der Waals surface area (Å²) in [7, 11) is 1.73. The molecule has 2 aliphatic rings. The molecule has 194 valence electrons. The van der Waals surface area contributed by atoms with Gasteiger partial charge in [0.2, 0.25) is 5.88 Å². The van der Waals surface area contributed by atoms with Crippen molar-refractivity contribution in [1.82, 2.24) is 20.3 Å². The summed E-state index contributed by atoms with van der Waals surface area (Å²) >= 11 is 6.49. The van der Waals surface area contributed by atoms with E-state index in [1.165, 1.54) is 0 Å². The number of nitrogens with one attached hydrogen (secondary N) is 2. The number of pyridine rings is 1. The lowest BCUT2D eigenvalue weighted by atomic mass is 9.83. The minimum Gasteiger partial charge on any atom is -0.475 e. The van der Waals surface area contributed by atoms with Crippen LogP contribution in [0.2, 0.25) is 5.02 Å². The zero-order chi connectivity index (χ0) is 25.4. The Kier molecular flexibility index (Phi) is 9.32. The van der Waals surface area contributed by atoms with Crippen LogP contribution in [0.15, 0.2) is 24.7 Å². The van der Waals surface area contributed by atoms with Gasteiger partial charge >= 0.3 is 0 Å². The Labute approximate surface area is 217 Å². The van der Waals surface area contributed by atoms with E-state index in [9.17, 15) is 5.26 Å². The van der Waals surface area contributed by atoms with E-state index in [-0.39, 0.29) is 6.61 Å². The molecule has 0 unspecified atom stereocenters. The zero-order valence-electron chi connectivity index (χ0n) is 21.0. The van der Waals surface area contributed by atoms with E-state index in [1.54, 1.807) is 25.7 Å². The highest BCUT2D eigenvalue weighted by Crippen LogP contribution is 2.32. The highest BCUT2D eigenvalue weighted by Gasteiger charge is 2.34. The molecule has 2 fully saturated rings. The minimum absolute atomic E-state index is 0.254. The topological polar surface area (TPSA) is 114 Å². The van der Waals surface area contributed by atoms with Crippen molar-refractivity contribution in [1.29, 1.82) is 5.26 Å². The molecule has 36 heavy (non-hydrogen) atoms. The van der Waals surface area contributed by atoms with Crippen LogP contribution in [0.1, 0.15) is 45.4 Å². The van der Waals surface area contributed by atoms with E-state index >= 15 is 0 Å². The second-order valence-corrected chi connectivity index (χ2v) is 10.2. The lowest BCUT2D eigenvalue weighted by Gasteiger charge is -2.32. The van der Waals surface area contributed by atoms with Crippen molar-refractivity contribution < 1.29 is 14.2 Å². The van der Waals surface area contributed by atoms with Gasteiger partial charge in [-0.05, 0) is 51.5 Å². The van der Waals surface area contributed by atoms with Crippen LogP contribution in [0.3, 0.4) is 0 Å². The molecule has 9 nitrogen and oxygen atoms in total. The van der Waals surface area contributed by atoms with Crippen molar-refractivity contribution in [2.75, 3.05) is 38.9 Å². The Balaban J connectivity index is 1.37. The molecular weight excluding hydrogens is 480 g/mol. The molecule has 2 N–H and O–H groups in total. The van der Waals surface area contributed by atoms with E-state index in [4.69, 9.17) is 25.8 Å². The molecule has 3 heterocycles. The number of methoxy groups -OCH3 is 1. The lowest BCUT2D eigenvalue weighted by Crippen LogP contribution is -2.42. The number of aromatic nitrogens is 3. The number of nitriles is 1. The van der Waals surface area contributed by atoms with Gasteiger partial charge in [-0.2, -0.15) is 5.26 Å². The summed E-state index contributed by atoms with van der Waals surface area (Å²) in [5.74, 6) is 1.13. The first-order valence-corrected chi connectivity index (χ1v) is 13.0. The molecule has 0 radical (unpaired) electrons. The Bertz CT molecular complexity index is 1030. The molecule has 2 aromatic heterocycles. The van der Waals surface area contributed by atoms with Crippen molar-refractivity contribution in [2.45, 2.75) is 63.6 Å². The van der Waals surface area contributed by atoms with E-state index < -0.39 is 5.41 Å². The molecule has 4 rings (SSSR count). The molecule has 0 amide bonds. The molecule has 1 saturated carbocycles. The van der Waals surface area contributed by atoms with Gasteiger partial charge in [0.25, 0.3) is 0 Å². The largest absolute Gasteiger partial charge is 0.475 e.